The van der Waals surface area contributed by atoms with Crippen LogP contribution in [0.2, 0.25) is 0 Å². The van der Waals surface area contributed by atoms with Crippen LogP contribution in [0.1, 0.15) is 0 Å². The van der Waals surface area contributed by atoms with Gasteiger partial charge >= 0.3 is 0 Å². The smallest absolute Gasteiger partial charge is 0.194 e. The first-order valence-electron chi connectivity index (χ1n) is 8.04. The fourth-order valence-corrected chi connectivity index (χ4v) is 0.974. The maximum atomic E-state index is 9.50. The van der Waals surface area contributed by atoms with Crippen molar-refractivity contribution in [3.8, 4) is 11.5 Å². The van der Waals surface area contributed by atoms with Gasteiger partial charge in [0.05, 0.1) is 21.5 Å². The first-order valence-corrected chi connectivity index (χ1v) is 8.04. The Morgan fingerprint density at radius 3 is 1.13 bits per heavy atom. The minimum atomic E-state index is -0.500. The molecule has 12 heteroatoms. The highest BCUT2D eigenvalue weighted by Crippen LogP contribution is 2.03. The van der Waals surface area contributed by atoms with E-state index >= 15 is 0 Å². The molecule has 0 radical (unpaired) electrons. The molecule has 0 aliphatic rings. The number of phenols is 2. The number of aromatic hydroxyl groups is 2. The van der Waals surface area contributed by atoms with Gasteiger partial charge in [0.15, 0.2) is 7.05 Å². The van der Waals surface area contributed by atoms with Crippen LogP contribution in [-0.4, -0.2) is 64.7 Å². The molecule has 2 aromatic rings. The topological polar surface area (TPSA) is 147 Å². The second-order valence-electron chi connectivity index (χ2n) is 4.07. The molecule has 0 spiro atoms. The highest BCUT2D eigenvalue weighted by Gasteiger charge is 1.75. The van der Waals surface area contributed by atoms with Crippen LogP contribution in [-0.2, 0) is 19.3 Å². The lowest BCUT2D eigenvalue weighted by atomic mass is 10.3. The third kappa shape index (κ3) is 65.9. The van der Waals surface area contributed by atoms with E-state index in [2.05, 4.69) is 25.2 Å². The Balaban J connectivity index is -0.0000000891. The zero-order chi connectivity index (χ0) is 25.3. The molecule has 0 atom stereocenters. The van der Waals surface area contributed by atoms with Gasteiger partial charge in [0.2, 0.25) is 0 Å². The van der Waals surface area contributed by atoms with E-state index in [0.29, 0.717) is 32.6 Å². The van der Waals surface area contributed by atoms with Crippen molar-refractivity contribution in [1.82, 2.24) is 0 Å². The SMILES string of the molecule is CF.CF.COCOC.COON.C[N+](=O)[O-].Oc1ccccc1.Oc1ccccc1. The van der Waals surface area contributed by atoms with Crippen molar-refractivity contribution in [2.24, 2.45) is 5.90 Å². The number of benzene rings is 2. The summed E-state index contributed by atoms with van der Waals surface area (Å²) in [6.07, 6.45) is 0. The molecular weight excluding hydrogens is 422 g/mol. The lowest BCUT2D eigenvalue weighted by molar-refractivity contribution is -0.445. The number of phenolic OH excluding ortho intramolecular Hbond substituents is 2. The molecule has 2 rings (SSSR count). The summed E-state index contributed by atoms with van der Waals surface area (Å²) < 4.78 is 27.9. The Bertz CT molecular complexity index is 481. The van der Waals surface area contributed by atoms with Crippen LogP contribution in [0.3, 0.4) is 0 Å². The van der Waals surface area contributed by atoms with E-state index < -0.39 is 4.92 Å². The number of nitro groups is 1. The molecule has 0 saturated carbocycles. The molecule has 31 heavy (non-hydrogen) atoms. The van der Waals surface area contributed by atoms with Crippen LogP contribution in [0, 0.1) is 10.1 Å². The minimum absolute atomic E-state index is 0.322. The van der Waals surface area contributed by atoms with Gasteiger partial charge in [-0.25, -0.2) is 4.89 Å². The second kappa shape index (κ2) is 41.5. The first kappa shape index (κ1) is 38.7. The van der Waals surface area contributed by atoms with Crippen LogP contribution < -0.4 is 5.90 Å². The van der Waals surface area contributed by atoms with Crippen molar-refractivity contribution in [3.05, 3.63) is 70.8 Å². The lowest BCUT2D eigenvalue weighted by Gasteiger charge is -1.87. The van der Waals surface area contributed by atoms with E-state index in [1.165, 1.54) is 7.11 Å². The van der Waals surface area contributed by atoms with Gasteiger partial charge in [0.1, 0.15) is 18.3 Å². The van der Waals surface area contributed by atoms with Crippen molar-refractivity contribution in [3.63, 3.8) is 0 Å². The van der Waals surface area contributed by atoms with Crippen LogP contribution in [0.5, 0.6) is 11.5 Å². The molecule has 182 valence electrons. The average molecular weight is 456 g/mol. The van der Waals surface area contributed by atoms with Gasteiger partial charge in [-0.05, 0) is 24.3 Å². The number of para-hydroxylation sites is 2. The van der Waals surface area contributed by atoms with E-state index in [4.69, 9.17) is 20.3 Å². The van der Waals surface area contributed by atoms with E-state index in [-0.39, 0.29) is 0 Å². The number of hydrogen-bond donors (Lipinski definition) is 3. The van der Waals surface area contributed by atoms with E-state index in [0.717, 1.165) is 7.05 Å². The standard InChI is InChI=1S/2C6H6O.C3H8O2.2CH3F.CH5NO2.CH3NO2/c2*7-6-4-2-1-3-5-6;1-4-3-5-2;2*1-2;1-3-4-2;1-2(3)4/h2*1-5,7H;3H2,1-2H3;2*1H3;2H2,1H3;1H3. The molecule has 0 aliphatic carbocycles. The van der Waals surface area contributed by atoms with Crippen molar-refractivity contribution < 1.29 is 43.3 Å². The maximum absolute atomic E-state index is 9.50. The number of alkyl halides is 2. The van der Waals surface area contributed by atoms with Crippen molar-refractivity contribution in [2.75, 3.05) is 49.5 Å². The molecule has 0 bridgehead atoms. The molecule has 0 aliphatic heterocycles. The summed E-state index contributed by atoms with van der Waals surface area (Å²) in [5.74, 6) is 4.95. The molecule has 0 aromatic heterocycles. The number of methoxy groups -OCH3 is 2. The highest BCUT2D eigenvalue weighted by molar-refractivity contribution is 5.19. The maximum Gasteiger partial charge on any atom is 0.194 e. The number of ether oxygens (including phenoxy) is 2. The largest absolute Gasteiger partial charge is 0.508 e. The number of nitrogens with zero attached hydrogens (tertiary/aromatic N) is 1. The van der Waals surface area contributed by atoms with Crippen LogP contribution in [0.25, 0.3) is 0 Å². The predicted octanol–water partition coefficient (Wildman–Crippen LogP) is 3.52. The van der Waals surface area contributed by atoms with Crippen molar-refractivity contribution in [2.45, 2.75) is 0 Å². The Hall–Kier alpha value is -2.90. The monoisotopic (exact) mass is 456 g/mol. The van der Waals surface area contributed by atoms with Gasteiger partial charge in [-0.1, -0.05) is 36.4 Å². The predicted molar refractivity (Wildman–Crippen MR) is 114 cm³/mol. The molecule has 0 heterocycles. The summed E-state index contributed by atoms with van der Waals surface area (Å²) >= 11 is 0. The van der Waals surface area contributed by atoms with Crippen LogP contribution in [0.15, 0.2) is 60.7 Å². The van der Waals surface area contributed by atoms with Crippen molar-refractivity contribution in [1.29, 1.82) is 0 Å². The minimum Gasteiger partial charge on any atom is -0.508 e. The fourth-order valence-electron chi connectivity index (χ4n) is 0.974. The van der Waals surface area contributed by atoms with Gasteiger partial charge in [-0.15, -0.1) is 4.99 Å². The molecule has 4 N–H and O–H groups in total. The Kier molecular flexibility index (Phi) is 51.7. The van der Waals surface area contributed by atoms with Gasteiger partial charge in [0.25, 0.3) is 0 Å². The fraction of sp³-hybridized carbons (Fsp3) is 0.368. The summed E-state index contributed by atoms with van der Waals surface area (Å²) in [7, 11) is 6.40. The van der Waals surface area contributed by atoms with Gasteiger partial charge < -0.3 is 19.7 Å². The number of halogens is 2. The van der Waals surface area contributed by atoms with E-state index in [1.54, 1.807) is 62.8 Å². The summed E-state index contributed by atoms with van der Waals surface area (Å²) in [5.41, 5.74) is 0. The first-order chi connectivity index (χ1) is 14.8. The average Bonchev–Trinajstić information content (AvgIpc) is 2.79. The molecular formula is C19H34F2N2O8. The van der Waals surface area contributed by atoms with E-state index in [1.807, 2.05) is 12.1 Å². The summed E-state index contributed by atoms with van der Waals surface area (Å²) in [5, 5.41) is 26.1. The third-order valence-corrected chi connectivity index (χ3v) is 1.84. The molecule has 0 fully saturated rings. The normalized spacial score (nSPS) is 7.39. The summed E-state index contributed by atoms with van der Waals surface area (Å²) in [6.45, 7) is 0.389. The second-order valence-corrected chi connectivity index (χ2v) is 4.07. The van der Waals surface area contributed by atoms with Crippen molar-refractivity contribution >= 4 is 0 Å². The number of rotatable bonds is 3. The zero-order valence-corrected chi connectivity index (χ0v) is 18.6. The van der Waals surface area contributed by atoms with Gasteiger partial charge in [-0.2, -0.15) is 5.90 Å². The number of nitrogens with two attached hydrogens (primary N) is 1. The highest BCUT2D eigenvalue weighted by atomic mass is 19.1. The quantitative estimate of drug-likeness (QED) is 0.273. The molecule has 2 aromatic carbocycles. The Labute approximate surface area is 181 Å². The molecule has 0 amide bonds. The third-order valence-electron chi connectivity index (χ3n) is 1.84. The Morgan fingerprint density at radius 1 is 0.839 bits per heavy atom. The summed E-state index contributed by atoms with van der Waals surface area (Å²) in [4.78, 5) is 15.7. The number of hydrogen-bond acceptors (Lipinski definition) is 9. The molecule has 0 unspecified atom stereocenters. The molecule has 10 nitrogen and oxygen atoms in total. The van der Waals surface area contributed by atoms with Gasteiger partial charge in [-0.3, -0.25) is 18.9 Å². The molecule has 0 saturated heterocycles. The van der Waals surface area contributed by atoms with E-state index in [9.17, 15) is 8.78 Å². The van der Waals surface area contributed by atoms with Crippen LogP contribution >= 0.6 is 0 Å². The summed E-state index contributed by atoms with van der Waals surface area (Å²) in [6, 6.07) is 17.4. The Morgan fingerprint density at radius 2 is 1.06 bits per heavy atom. The van der Waals surface area contributed by atoms with Gasteiger partial charge in [0, 0.05) is 19.1 Å². The lowest BCUT2D eigenvalue weighted by Crippen LogP contribution is -1.93. The van der Waals surface area contributed by atoms with Crippen LogP contribution in [0.4, 0.5) is 8.78 Å². The zero-order valence-electron chi connectivity index (χ0n) is 18.6.